The highest BCUT2D eigenvalue weighted by atomic mass is 16.7. The molecule has 112 valence electrons. The Morgan fingerprint density at radius 3 is 2.71 bits per heavy atom. The second kappa shape index (κ2) is 5.42. The molecule has 1 saturated heterocycles. The fourth-order valence-electron chi connectivity index (χ4n) is 2.27. The maximum absolute atomic E-state index is 9.88. The van der Waals surface area contributed by atoms with Gasteiger partial charge < -0.3 is 23.7 Å². The van der Waals surface area contributed by atoms with E-state index in [1.54, 1.807) is 0 Å². The van der Waals surface area contributed by atoms with E-state index in [0.717, 1.165) is 5.56 Å². The summed E-state index contributed by atoms with van der Waals surface area (Å²) in [6.07, 6.45) is 0.872. The molecule has 0 unspecified atom stereocenters. The monoisotopic (exact) mass is 290 g/mol. The Bertz CT molecular complexity index is 602. The maximum atomic E-state index is 9.88. The Hall–Kier alpha value is -1.98. The van der Waals surface area contributed by atoms with E-state index in [1.165, 1.54) is 6.26 Å². The molecule has 21 heavy (non-hydrogen) atoms. The van der Waals surface area contributed by atoms with Crippen molar-refractivity contribution in [2.24, 2.45) is 0 Å². The zero-order valence-electron chi connectivity index (χ0n) is 12.0. The van der Waals surface area contributed by atoms with E-state index in [0.29, 0.717) is 24.7 Å². The highest BCUT2D eigenvalue weighted by Gasteiger charge is 2.38. The standard InChI is InChI=1S/C16H18O5/c1-16(2)20-10-13(21-16)15-14(12(17)9-19-15)18-8-11-6-4-3-5-7-11/h3-7,9,13,17H,8,10H2,1-2H3/t13-/m0/s1. The molecule has 1 aromatic heterocycles. The van der Waals surface area contributed by atoms with Crippen LogP contribution in [0.1, 0.15) is 31.3 Å². The van der Waals surface area contributed by atoms with Crippen LogP contribution in [0.3, 0.4) is 0 Å². The molecule has 1 atom stereocenters. The summed E-state index contributed by atoms with van der Waals surface area (Å²) >= 11 is 0. The van der Waals surface area contributed by atoms with Crippen LogP contribution in [0.5, 0.6) is 11.5 Å². The number of hydrogen-bond donors (Lipinski definition) is 1. The van der Waals surface area contributed by atoms with Gasteiger partial charge in [0.1, 0.15) is 19.0 Å². The number of furan rings is 1. The van der Waals surface area contributed by atoms with Gasteiger partial charge in [0, 0.05) is 0 Å². The van der Waals surface area contributed by atoms with Gasteiger partial charge in [0.05, 0.1) is 6.61 Å². The van der Waals surface area contributed by atoms with Crippen LogP contribution in [0.25, 0.3) is 0 Å². The molecular formula is C16H18O5. The molecule has 0 spiro atoms. The minimum Gasteiger partial charge on any atom is -0.502 e. The Morgan fingerprint density at radius 1 is 1.29 bits per heavy atom. The van der Waals surface area contributed by atoms with E-state index in [9.17, 15) is 5.11 Å². The van der Waals surface area contributed by atoms with E-state index >= 15 is 0 Å². The van der Waals surface area contributed by atoms with E-state index in [2.05, 4.69) is 0 Å². The Balaban J connectivity index is 1.75. The summed E-state index contributed by atoms with van der Waals surface area (Å²) in [4.78, 5) is 0. The number of benzene rings is 1. The van der Waals surface area contributed by atoms with Crippen molar-refractivity contribution in [3.63, 3.8) is 0 Å². The van der Waals surface area contributed by atoms with Crippen LogP contribution in [-0.4, -0.2) is 17.5 Å². The van der Waals surface area contributed by atoms with Crippen molar-refractivity contribution >= 4 is 0 Å². The lowest BCUT2D eigenvalue weighted by Gasteiger charge is -2.16. The minimum absolute atomic E-state index is 0.0331. The van der Waals surface area contributed by atoms with Gasteiger partial charge in [-0.3, -0.25) is 0 Å². The average molecular weight is 290 g/mol. The average Bonchev–Trinajstić information content (AvgIpc) is 3.00. The molecule has 5 heteroatoms. The molecule has 0 bridgehead atoms. The highest BCUT2D eigenvalue weighted by molar-refractivity contribution is 5.41. The first-order chi connectivity index (χ1) is 10.1. The fraction of sp³-hybridized carbons (Fsp3) is 0.375. The molecule has 5 nitrogen and oxygen atoms in total. The molecule has 1 N–H and O–H groups in total. The van der Waals surface area contributed by atoms with Crippen molar-refractivity contribution < 1.29 is 23.7 Å². The van der Waals surface area contributed by atoms with Crippen LogP contribution < -0.4 is 4.74 Å². The predicted octanol–water partition coefficient (Wildman–Crippen LogP) is 3.39. The first kappa shape index (κ1) is 14.0. The Morgan fingerprint density at radius 2 is 2.05 bits per heavy atom. The van der Waals surface area contributed by atoms with Gasteiger partial charge >= 0.3 is 0 Å². The number of aromatic hydroxyl groups is 1. The summed E-state index contributed by atoms with van der Waals surface area (Å²) in [7, 11) is 0. The topological polar surface area (TPSA) is 61.1 Å². The Labute approximate surface area is 123 Å². The van der Waals surface area contributed by atoms with Gasteiger partial charge in [0.25, 0.3) is 0 Å². The predicted molar refractivity (Wildman–Crippen MR) is 75.0 cm³/mol. The quantitative estimate of drug-likeness (QED) is 0.935. The normalized spacial score (nSPS) is 20.6. The van der Waals surface area contributed by atoms with Gasteiger partial charge in [-0.15, -0.1) is 0 Å². The Kier molecular flexibility index (Phi) is 3.61. The minimum atomic E-state index is -0.663. The third-order valence-electron chi connectivity index (χ3n) is 3.28. The van der Waals surface area contributed by atoms with Crippen molar-refractivity contribution in [2.75, 3.05) is 6.61 Å². The summed E-state index contributed by atoms with van der Waals surface area (Å²) in [5.41, 5.74) is 1.01. The third kappa shape index (κ3) is 3.04. The van der Waals surface area contributed by atoms with Crippen molar-refractivity contribution in [2.45, 2.75) is 32.3 Å². The summed E-state index contributed by atoms with van der Waals surface area (Å²) in [6.45, 7) is 4.38. The first-order valence-corrected chi connectivity index (χ1v) is 6.84. The largest absolute Gasteiger partial charge is 0.502 e. The summed E-state index contributed by atoms with van der Waals surface area (Å²) in [5, 5.41) is 9.88. The molecule has 1 aliphatic rings. The molecule has 1 aromatic carbocycles. The van der Waals surface area contributed by atoms with Crippen LogP contribution in [0.15, 0.2) is 41.0 Å². The van der Waals surface area contributed by atoms with Crippen LogP contribution in [0.2, 0.25) is 0 Å². The second-order valence-electron chi connectivity index (χ2n) is 5.41. The SMILES string of the molecule is CC1(C)OC[C@@H](c2occ(O)c2OCc2ccccc2)O1. The van der Waals surface area contributed by atoms with Crippen LogP contribution >= 0.6 is 0 Å². The lowest BCUT2D eigenvalue weighted by molar-refractivity contribution is -0.141. The molecule has 0 amide bonds. The zero-order valence-corrected chi connectivity index (χ0v) is 12.0. The maximum Gasteiger partial charge on any atom is 0.206 e. The summed E-state index contributed by atoms with van der Waals surface area (Å²) in [6, 6.07) is 9.72. The van der Waals surface area contributed by atoms with Gasteiger partial charge in [-0.05, 0) is 19.4 Å². The van der Waals surface area contributed by atoms with Crippen LogP contribution in [0, 0.1) is 0 Å². The smallest absolute Gasteiger partial charge is 0.206 e. The molecule has 2 aromatic rings. The molecule has 0 saturated carbocycles. The summed E-state index contributed by atoms with van der Waals surface area (Å²) in [5.74, 6) is 0.0671. The van der Waals surface area contributed by atoms with Gasteiger partial charge in [-0.1, -0.05) is 30.3 Å². The molecule has 0 aliphatic carbocycles. The van der Waals surface area contributed by atoms with Gasteiger partial charge in [0.15, 0.2) is 17.3 Å². The number of hydrogen-bond acceptors (Lipinski definition) is 5. The van der Waals surface area contributed by atoms with E-state index < -0.39 is 5.79 Å². The number of ether oxygens (including phenoxy) is 3. The van der Waals surface area contributed by atoms with Crippen LogP contribution in [-0.2, 0) is 16.1 Å². The second-order valence-corrected chi connectivity index (χ2v) is 5.41. The van der Waals surface area contributed by atoms with Crippen molar-refractivity contribution in [3.8, 4) is 11.5 Å². The lowest BCUT2D eigenvalue weighted by Crippen LogP contribution is -2.19. The van der Waals surface area contributed by atoms with Gasteiger partial charge in [0.2, 0.25) is 5.75 Å². The zero-order chi connectivity index (χ0) is 14.9. The molecule has 2 heterocycles. The summed E-state index contributed by atoms with van der Waals surface area (Å²) < 4.78 is 22.3. The van der Waals surface area contributed by atoms with Crippen molar-refractivity contribution in [1.82, 2.24) is 0 Å². The highest BCUT2D eigenvalue weighted by Crippen LogP contribution is 2.42. The van der Waals surface area contributed by atoms with E-state index in [1.807, 2.05) is 44.2 Å². The molecule has 1 aliphatic heterocycles. The molecule has 1 fully saturated rings. The van der Waals surface area contributed by atoms with E-state index in [-0.39, 0.29) is 11.9 Å². The molecular weight excluding hydrogens is 272 g/mol. The van der Waals surface area contributed by atoms with Crippen molar-refractivity contribution in [1.29, 1.82) is 0 Å². The third-order valence-corrected chi connectivity index (χ3v) is 3.28. The molecule has 3 rings (SSSR count). The fourth-order valence-corrected chi connectivity index (χ4v) is 2.27. The van der Waals surface area contributed by atoms with Crippen molar-refractivity contribution in [3.05, 3.63) is 47.9 Å². The van der Waals surface area contributed by atoms with Crippen LogP contribution in [0.4, 0.5) is 0 Å². The number of rotatable bonds is 4. The molecule has 0 radical (unpaired) electrons. The van der Waals surface area contributed by atoms with Gasteiger partial charge in [-0.2, -0.15) is 0 Å². The van der Waals surface area contributed by atoms with E-state index in [4.69, 9.17) is 18.6 Å². The first-order valence-electron chi connectivity index (χ1n) is 6.84. The lowest BCUT2D eigenvalue weighted by atomic mass is 10.2. The van der Waals surface area contributed by atoms with Gasteiger partial charge in [-0.25, -0.2) is 0 Å².